The van der Waals surface area contributed by atoms with Crippen molar-refractivity contribution < 1.29 is 4.79 Å². The van der Waals surface area contributed by atoms with Gasteiger partial charge in [-0.2, -0.15) is 5.10 Å². The van der Waals surface area contributed by atoms with E-state index in [1.54, 1.807) is 0 Å². The Balaban J connectivity index is 1.27. The number of para-hydroxylation sites is 1. The van der Waals surface area contributed by atoms with Crippen LogP contribution in [0.3, 0.4) is 0 Å². The van der Waals surface area contributed by atoms with Crippen molar-refractivity contribution in [1.82, 2.24) is 20.0 Å². The van der Waals surface area contributed by atoms with E-state index < -0.39 is 0 Å². The number of aryl methyl sites for hydroxylation is 1. The number of benzene rings is 2. The summed E-state index contributed by atoms with van der Waals surface area (Å²) in [6.07, 6.45) is 6.20. The van der Waals surface area contributed by atoms with Crippen molar-refractivity contribution in [2.45, 2.75) is 58.5 Å². The van der Waals surface area contributed by atoms with Crippen LogP contribution in [-0.4, -0.2) is 39.7 Å². The van der Waals surface area contributed by atoms with Gasteiger partial charge >= 0.3 is 0 Å². The minimum Gasteiger partial charge on any atom is -0.348 e. The lowest BCUT2D eigenvalue weighted by molar-refractivity contribution is 0.0950. The van der Waals surface area contributed by atoms with Crippen LogP contribution in [0.2, 0.25) is 0 Å². The van der Waals surface area contributed by atoms with Crippen LogP contribution in [0.4, 0.5) is 0 Å². The summed E-state index contributed by atoms with van der Waals surface area (Å²) in [7, 11) is 0. The highest BCUT2D eigenvalue weighted by Crippen LogP contribution is 2.27. The van der Waals surface area contributed by atoms with Crippen molar-refractivity contribution in [3.05, 3.63) is 82.2 Å². The van der Waals surface area contributed by atoms with Crippen molar-refractivity contribution in [2.24, 2.45) is 0 Å². The lowest BCUT2D eigenvalue weighted by atomic mass is 9.91. The molecule has 1 amide bonds. The van der Waals surface area contributed by atoms with Gasteiger partial charge in [-0.05, 0) is 74.9 Å². The summed E-state index contributed by atoms with van der Waals surface area (Å²) in [5.74, 6) is -0.0147. The molecule has 1 aliphatic heterocycles. The number of nitrogens with one attached hydrogen (secondary N) is 1. The maximum absolute atomic E-state index is 13.0. The summed E-state index contributed by atoms with van der Waals surface area (Å²) < 4.78 is 1.95. The zero-order valence-corrected chi connectivity index (χ0v) is 19.1. The molecule has 166 valence electrons. The zero-order chi connectivity index (χ0) is 22.1. The number of hydrogen-bond donors (Lipinski definition) is 1. The molecule has 2 aliphatic rings. The summed E-state index contributed by atoms with van der Waals surface area (Å²) in [6.45, 7) is 6.80. The molecule has 0 atom stereocenters. The van der Waals surface area contributed by atoms with Crippen molar-refractivity contribution in [2.75, 3.05) is 13.1 Å². The van der Waals surface area contributed by atoms with E-state index in [4.69, 9.17) is 5.10 Å². The normalized spacial score (nSPS) is 16.8. The summed E-state index contributed by atoms with van der Waals surface area (Å²) in [6, 6.07) is 17.2. The maximum atomic E-state index is 13.0. The van der Waals surface area contributed by atoms with Gasteiger partial charge in [-0.15, -0.1) is 0 Å². The minimum absolute atomic E-state index is 0.0147. The van der Waals surface area contributed by atoms with E-state index >= 15 is 0 Å². The van der Waals surface area contributed by atoms with Gasteiger partial charge in [-0.25, -0.2) is 4.68 Å². The molecular weight excluding hydrogens is 396 g/mol. The molecule has 0 unspecified atom stereocenters. The molecule has 2 aromatic carbocycles. The van der Waals surface area contributed by atoms with Crippen molar-refractivity contribution in [3.8, 4) is 5.69 Å². The Labute approximate surface area is 190 Å². The molecule has 0 radical (unpaired) electrons. The molecule has 0 bridgehead atoms. The lowest BCUT2D eigenvalue weighted by Crippen LogP contribution is -2.41. The van der Waals surface area contributed by atoms with Gasteiger partial charge in [0.25, 0.3) is 5.91 Å². The van der Waals surface area contributed by atoms with E-state index in [0.29, 0.717) is 6.54 Å². The lowest BCUT2D eigenvalue weighted by Gasteiger charge is -2.36. The first kappa shape index (κ1) is 21.0. The van der Waals surface area contributed by atoms with Crippen LogP contribution in [0, 0.1) is 13.8 Å². The fourth-order valence-electron chi connectivity index (χ4n) is 5.02. The molecule has 32 heavy (non-hydrogen) atoms. The molecule has 5 nitrogen and oxygen atoms in total. The second-order valence-corrected chi connectivity index (χ2v) is 9.18. The average molecular weight is 429 g/mol. The van der Waals surface area contributed by atoms with Crippen molar-refractivity contribution in [3.63, 3.8) is 0 Å². The van der Waals surface area contributed by atoms with Crippen LogP contribution in [0.1, 0.15) is 57.7 Å². The van der Waals surface area contributed by atoms with Gasteiger partial charge in [0, 0.05) is 42.5 Å². The Morgan fingerprint density at radius 2 is 1.78 bits per heavy atom. The highest BCUT2D eigenvalue weighted by molar-refractivity contribution is 5.94. The van der Waals surface area contributed by atoms with Gasteiger partial charge < -0.3 is 5.32 Å². The maximum Gasteiger partial charge on any atom is 0.251 e. The predicted molar refractivity (Wildman–Crippen MR) is 127 cm³/mol. The van der Waals surface area contributed by atoms with E-state index in [0.717, 1.165) is 60.2 Å². The van der Waals surface area contributed by atoms with E-state index in [2.05, 4.69) is 29.3 Å². The minimum atomic E-state index is -0.0147. The summed E-state index contributed by atoms with van der Waals surface area (Å²) in [5.41, 5.74) is 7.62. The first-order valence-corrected chi connectivity index (χ1v) is 11.8. The van der Waals surface area contributed by atoms with E-state index in [1.807, 2.05) is 48.0 Å². The molecule has 1 aliphatic carbocycles. The molecular formula is C27H32N4O. The number of rotatable bonds is 5. The van der Waals surface area contributed by atoms with Gasteiger partial charge in [0.05, 0.1) is 11.4 Å². The van der Waals surface area contributed by atoms with Crippen molar-refractivity contribution in [1.29, 1.82) is 0 Å². The van der Waals surface area contributed by atoms with Gasteiger partial charge in [0.2, 0.25) is 0 Å². The fraction of sp³-hybridized carbons (Fsp3) is 0.407. The number of carbonyl (C=O) groups is 1. The van der Waals surface area contributed by atoms with Crippen LogP contribution in [0.15, 0.2) is 48.5 Å². The Hall–Kier alpha value is -2.92. The summed E-state index contributed by atoms with van der Waals surface area (Å²) in [5, 5.41) is 7.82. The molecule has 0 saturated heterocycles. The molecule has 1 saturated carbocycles. The quantitative estimate of drug-likeness (QED) is 0.656. The molecule has 2 heterocycles. The van der Waals surface area contributed by atoms with Gasteiger partial charge in [0.1, 0.15) is 0 Å². The van der Waals surface area contributed by atoms with Crippen LogP contribution in [0.5, 0.6) is 0 Å². The van der Waals surface area contributed by atoms with Crippen LogP contribution in [-0.2, 0) is 19.4 Å². The average Bonchev–Trinajstić information content (AvgIpc) is 2.93. The molecule has 0 spiro atoms. The van der Waals surface area contributed by atoms with Crippen molar-refractivity contribution >= 4 is 5.91 Å². The first-order chi connectivity index (χ1) is 15.6. The summed E-state index contributed by atoms with van der Waals surface area (Å²) >= 11 is 0. The predicted octanol–water partition coefficient (Wildman–Crippen LogP) is 4.37. The molecule has 1 fully saturated rings. The molecule has 1 N–H and O–H groups in total. The Morgan fingerprint density at radius 1 is 1.03 bits per heavy atom. The molecule has 5 rings (SSSR count). The third kappa shape index (κ3) is 4.09. The van der Waals surface area contributed by atoms with Gasteiger partial charge in [-0.3, -0.25) is 9.69 Å². The zero-order valence-electron chi connectivity index (χ0n) is 19.1. The number of amides is 1. The van der Waals surface area contributed by atoms with Gasteiger partial charge in [-0.1, -0.05) is 30.7 Å². The number of carbonyl (C=O) groups excluding carboxylic acids is 1. The fourth-order valence-corrected chi connectivity index (χ4v) is 5.02. The standard InChI is InChI=1S/C27H32N4O/c1-19-26(20(2)31(29-19)25-7-4-3-5-8-25)18-28-27(32)23-12-11-21-13-15-30(24-9-6-10-24)16-14-22(21)17-23/h3-5,7-8,11-12,17,24H,6,9-10,13-16,18H2,1-2H3,(H,28,32). The monoisotopic (exact) mass is 428 g/mol. The largest absolute Gasteiger partial charge is 0.348 e. The van der Waals surface area contributed by atoms with Gasteiger partial charge in [0.15, 0.2) is 0 Å². The highest BCUT2D eigenvalue weighted by Gasteiger charge is 2.26. The third-order valence-corrected chi connectivity index (χ3v) is 7.26. The molecule has 3 aromatic rings. The third-order valence-electron chi connectivity index (χ3n) is 7.26. The first-order valence-electron chi connectivity index (χ1n) is 11.8. The topological polar surface area (TPSA) is 50.2 Å². The smallest absolute Gasteiger partial charge is 0.251 e. The number of fused-ring (bicyclic) bond motifs is 1. The van der Waals surface area contributed by atoms with Crippen LogP contribution >= 0.6 is 0 Å². The Morgan fingerprint density at radius 3 is 2.50 bits per heavy atom. The van der Waals surface area contributed by atoms with E-state index in [-0.39, 0.29) is 5.91 Å². The van der Waals surface area contributed by atoms with E-state index in [9.17, 15) is 4.79 Å². The number of hydrogen-bond acceptors (Lipinski definition) is 3. The second kappa shape index (κ2) is 8.91. The highest BCUT2D eigenvalue weighted by atomic mass is 16.1. The SMILES string of the molecule is Cc1nn(-c2ccccc2)c(C)c1CNC(=O)c1ccc2c(c1)CCN(C1CCC1)CC2. The molecule has 1 aromatic heterocycles. The van der Waals surface area contributed by atoms with E-state index in [1.165, 1.54) is 30.4 Å². The van der Waals surface area contributed by atoms with Crippen LogP contribution in [0.25, 0.3) is 5.69 Å². The molecule has 5 heteroatoms. The summed E-state index contributed by atoms with van der Waals surface area (Å²) in [4.78, 5) is 15.6. The van der Waals surface area contributed by atoms with Crippen LogP contribution < -0.4 is 5.32 Å². The number of aromatic nitrogens is 2. The number of nitrogens with zero attached hydrogens (tertiary/aromatic N) is 3. The Kier molecular flexibility index (Phi) is 5.83. The second-order valence-electron chi connectivity index (χ2n) is 9.18. The Bertz CT molecular complexity index is 1110.